The number of thiophene rings is 1. The Morgan fingerprint density at radius 2 is 2.08 bits per heavy atom. The summed E-state index contributed by atoms with van der Waals surface area (Å²) >= 11 is 3.44. The van der Waals surface area contributed by atoms with Crippen LogP contribution < -0.4 is 4.80 Å². The van der Waals surface area contributed by atoms with Gasteiger partial charge in [-0.15, -0.1) is 22.7 Å². The van der Waals surface area contributed by atoms with Crippen molar-refractivity contribution in [2.45, 2.75) is 32.7 Å². The van der Waals surface area contributed by atoms with Crippen LogP contribution in [0, 0.1) is 0 Å². The standard InChI is InChI=1S/C19H23N3OS2/c1-2-3-11-23-12-6-10-22-17(18-8-5-13-24-18)15-25-19(22)21-16-7-4-9-20-14-16/h4-5,7-9,13-15H,2-3,6,10-12H2,1H3. The second-order valence-corrected chi connectivity index (χ2v) is 7.46. The summed E-state index contributed by atoms with van der Waals surface area (Å²) in [7, 11) is 0. The van der Waals surface area contributed by atoms with Gasteiger partial charge in [0.25, 0.3) is 0 Å². The lowest BCUT2D eigenvalue weighted by Gasteiger charge is -2.08. The van der Waals surface area contributed by atoms with Gasteiger partial charge >= 0.3 is 0 Å². The van der Waals surface area contributed by atoms with E-state index in [1.807, 2.05) is 12.1 Å². The van der Waals surface area contributed by atoms with Crippen molar-refractivity contribution in [3.63, 3.8) is 0 Å². The number of unbranched alkanes of at least 4 members (excludes halogenated alkanes) is 1. The second kappa shape index (κ2) is 9.65. The third-order valence-corrected chi connectivity index (χ3v) is 5.51. The molecule has 0 radical (unpaired) electrons. The predicted octanol–water partition coefficient (Wildman–Crippen LogP) is 5.11. The molecule has 3 rings (SSSR count). The van der Waals surface area contributed by atoms with Crippen molar-refractivity contribution in [3.8, 4) is 10.6 Å². The SMILES string of the molecule is CCCCOCCCn1c(-c2cccs2)csc1=Nc1cccnc1. The molecule has 0 N–H and O–H groups in total. The summed E-state index contributed by atoms with van der Waals surface area (Å²) in [6, 6.07) is 8.15. The minimum Gasteiger partial charge on any atom is -0.381 e. The van der Waals surface area contributed by atoms with Gasteiger partial charge < -0.3 is 9.30 Å². The molecule has 3 aromatic heterocycles. The molecule has 0 aliphatic carbocycles. The molecule has 132 valence electrons. The Labute approximate surface area is 156 Å². The Bertz CT molecular complexity index is 807. The van der Waals surface area contributed by atoms with Gasteiger partial charge in [0.15, 0.2) is 4.80 Å². The molecular weight excluding hydrogens is 350 g/mol. The highest BCUT2D eigenvalue weighted by molar-refractivity contribution is 7.14. The van der Waals surface area contributed by atoms with Crippen molar-refractivity contribution >= 4 is 28.4 Å². The van der Waals surface area contributed by atoms with Crippen LogP contribution in [-0.2, 0) is 11.3 Å². The summed E-state index contributed by atoms with van der Waals surface area (Å²) in [6.45, 7) is 4.74. The summed E-state index contributed by atoms with van der Waals surface area (Å²) < 4.78 is 8.01. The fourth-order valence-corrected chi connectivity index (χ4v) is 4.23. The van der Waals surface area contributed by atoms with Gasteiger partial charge in [-0.1, -0.05) is 19.4 Å². The minimum atomic E-state index is 0.791. The number of aromatic nitrogens is 2. The zero-order valence-corrected chi connectivity index (χ0v) is 16.1. The van der Waals surface area contributed by atoms with Gasteiger partial charge in [0, 0.05) is 31.3 Å². The highest BCUT2D eigenvalue weighted by atomic mass is 32.1. The lowest BCUT2D eigenvalue weighted by atomic mass is 10.3. The van der Waals surface area contributed by atoms with Crippen molar-refractivity contribution < 1.29 is 4.74 Å². The third kappa shape index (κ3) is 5.11. The molecule has 0 aliphatic rings. The molecule has 25 heavy (non-hydrogen) atoms. The zero-order valence-electron chi connectivity index (χ0n) is 14.4. The maximum Gasteiger partial charge on any atom is 0.190 e. The lowest BCUT2D eigenvalue weighted by molar-refractivity contribution is 0.126. The molecule has 0 saturated heterocycles. The molecule has 0 fully saturated rings. The average molecular weight is 374 g/mol. The van der Waals surface area contributed by atoms with Gasteiger partial charge in [-0.2, -0.15) is 0 Å². The molecule has 3 heterocycles. The molecule has 0 unspecified atom stereocenters. The van der Waals surface area contributed by atoms with E-state index >= 15 is 0 Å². The first kappa shape index (κ1) is 18.0. The van der Waals surface area contributed by atoms with Crippen LogP contribution in [0.4, 0.5) is 5.69 Å². The van der Waals surface area contributed by atoms with E-state index in [2.05, 4.69) is 39.4 Å². The lowest BCUT2D eigenvalue weighted by Crippen LogP contribution is -2.17. The summed E-state index contributed by atoms with van der Waals surface area (Å²) in [5.41, 5.74) is 2.12. The molecule has 3 aromatic rings. The van der Waals surface area contributed by atoms with Crippen LogP contribution in [0.5, 0.6) is 0 Å². The van der Waals surface area contributed by atoms with Gasteiger partial charge in [0.2, 0.25) is 0 Å². The number of ether oxygens (including phenoxy) is 1. The zero-order chi connectivity index (χ0) is 17.3. The van der Waals surface area contributed by atoms with E-state index in [1.54, 1.807) is 35.1 Å². The second-order valence-electron chi connectivity index (χ2n) is 5.67. The summed E-state index contributed by atoms with van der Waals surface area (Å²) in [4.78, 5) is 11.2. The van der Waals surface area contributed by atoms with Gasteiger partial charge in [-0.3, -0.25) is 4.98 Å². The van der Waals surface area contributed by atoms with Crippen LogP contribution in [0.15, 0.2) is 52.4 Å². The Morgan fingerprint density at radius 1 is 1.16 bits per heavy atom. The molecule has 0 amide bonds. The monoisotopic (exact) mass is 373 g/mol. The van der Waals surface area contributed by atoms with Crippen LogP contribution in [0.2, 0.25) is 0 Å². The van der Waals surface area contributed by atoms with Gasteiger partial charge in [-0.25, -0.2) is 4.99 Å². The normalized spacial score (nSPS) is 12.0. The highest BCUT2D eigenvalue weighted by Crippen LogP contribution is 2.25. The number of hydrogen-bond acceptors (Lipinski definition) is 5. The van der Waals surface area contributed by atoms with E-state index in [0.29, 0.717) is 0 Å². The molecule has 6 heteroatoms. The van der Waals surface area contributed by atoms with Crippen molar-refractivity contribution in [3.05, 3.63) is 52.2 Å². The molecule has 0 aromatic carbocycles. The first-order valence-electron chi connectivity index (χ1n) is 8.63. The number of pyridine rings is 1. The predicted molar refractivity (Wildman–Crippen MR) is 105 cm³/mol. The van der Waals surface area contributed by atoms with Crippen LogP contribution in [0.1, 0.15) is 26.2 Å². The summed E-state index contributed by atoms with van der Waals surface area (Å²) in [5.74, 6) is 0. The highest BCUT2D eigenvalue weighted by Gasteiger charge is 2.09. The van der Waals surface area contributed by atoms with Crippen LogP contribution in [0.25, 0.3) is 10.6 Å². The number of hydrogen-bond donors (Lipinski definition) is 0. The number of rotatable bonds is 9. The van der Waals surface area contributed by atoms with Gasteiger partial charge in [0.05, 0.1) is 22.5 Å². The topological polar surface area (TPSA) is 39.4 Å². The molecule has 0 saturated carbocycles. The molecule has 0 aliphatic heterocycles. The Kier molecular flexibility index (Phi) is 6.97. The van der Waals surface area contributed by atoms with Crippen LogP contribution in [-0.4, -0.2) is 22.8 Å². The Hall–Kier alpha value is -1.76. The number of nitrogens with zero attached hydrogens (tertiary/aromatic N) is 3. The van der Waals surface area contributed by atoms with E-state index in [4.69, 9.17) is 9.73 Å². The molecule has 0 spiro atoms. The molecule has 4 nitrogen and oxygen atoms in total. The Balaban J connectivity index is 1.80. The van der Waals surface area contributed by atoms with E-state index in [-0.39, 0.29) is 0 Å². The van der Waals surface area contributed by atoms with Crippen molar-refractivity contribution in [2.24, 2.45) is 4.99 Å². The fourth-order valence-electron chi connectivity index (χ4n) is 2.46. The van der Waals surface area contributed by atoms with Crippen molar-refractivity contribution in [1.82, 2.24) is 9.55 Å². The van der Waals surface area contributed by atoms with Gasteiger partial charge in [0.1, 0.15) is 0 Å². The summed E-state index contributed by atoms with van der Waals surface area (Å²) in [6.07, 6.45) is 6.86. The maximum atomic E-state index is 5.71. The van der Waals surface area contributed by atoms with Crippen LogP contribution >= 0.6 is 22.7 Å². The Morgan fingerprint density at radius 3 is 2.84 bits per heavy atom. The van der Waals surface area contributed by atoms with E-state index in [0.717, 1.165) is 43.1 Å². The first-order valence-corrected chi connectivity index (χ1v) is 10.4. The fraction of sp³-hybridized carbons (Fsp3) is 0.368. The summed E-state index contributed by atoms with van der Waals surface area (Å²) in [5, 5.41) is 4.31. The largest absolute Gasteiger partial charge is 0.381 e. The minimum absolute atomic E-state index is 0.791. The molecular formula is C19H23N3OS2. The molecule has 0 bridgehead atoms. The third-order valence-electron chi connectivity index (χ3n) is 3.75. The average Bonchev–Trinajstić information content (AvgIpc) is 3.29. The smallest absolute Gasteiger partial charge is 0.190 e. The number of thiazole rings is 1. The van der Waals surface area contributed by atoms with E-state index in [1.165, 1.54) is 17.0 Å². The van der Waals surface area contributed by atoms with E-state index in [9.17, 15) is 0 Å². The van der Waals surface area contributed by atoms with Gasteiger partial charge in [-0.05, 0) is 36.4 Å². The first-order chi connectivity index (χ1) is 12.4. The maximum absolute atomic E-state index is 5.71. The van der Waals surface area contributed by atoms with Crippen LogP contribution in [0.3, 0.4) is 0 Å². The quantitative estimate of drug-likeness (QED) is 0.489. The van der Waals surface area contributed by atoms with E-state index < -0.39 is 0 Å². The molecule has 0 atom stereocenters. The van der Waals surface area contributed by atoms with Crippen molar-refractivity contribution in [1.29, 1.82) is 0 Å². The van der Waals surface area contributed by atoms with Crippen molar-refractivity contribution in [2.75, 3.05) is 13.2 Å².